The maximum absolute atomic E-state index is 8.85. The van der Waals surface area contributed by atoms with Crippen LogP contribution >= 0.6 is 0 Å². The Labute approximate surface area is 98.3 Å². The zero-order valence-corrected chi connectivity index (χ0v) is 9.12. The van der Waals surface area contributed by atoms with E-state index in [4.69, 9.17) is 14.7 Å². The predicted molar refractivity (Wildman–Crippen MR) is 59.8 cm³/mol. The topological polar surface area (TPSA) is 68.0 Å². The van der Waals surface area contributed by atoms with Crippen LogP contribution in [0.25, 0.3) is 0 Å². The summed E-state index contributed by atoms with van der Waals surface area (Å²) in [6, 6.07) is 8.97. The summed E-state index contributed by atoms with van der Waals surface area (Å²) in [5.74, 6) is 1.56. The molecular formula is C12H9N3O2. The molecule has 1 aromatic heterocycles. The minimum Gasteiger partial charge on any atom is -0.497 e. The molecule has 5 heteroatoms. The third-order valence-electron chi connectivity index (χ3n) is 2.07. The lowest BCUT2D eigenvalue weighted by molar-refractivity contribution is 0.412. The Morgan fingerprint density at radius 3 is 2.53 bits per heavy atom. The monoisotopic (exact) mass is 227 g/mol. The molecule has 2 rings (SSSR count). The molecule has 0 saturated heterocycles. The van der Waals surface area contributed by atoms with Crippen molar-refractivity contribution in [2.45, 2.75) is 0 Å². The number of nitrogens with zero attached hydrogens (tertiary/aromatic N) is 3. The second kappa shape index (κ2) is 4.94. The maximum Gasteiger partial charge on any atom is 0.240 e. The molecule has 0 amide bonds. The highest BCUT2D eigenvalue weighted by molar-refractivity contribution is 5.39. The van der Waals surface area contributed by atoms with Gasteiger partial charge in [-0.2, -0.15) is 5.26 Å². The fourth-order valence-electron chi connectivity index (χ4n) is 1.23. The van der Waals surface area contributed by atoms with Gasteiger partial charge in [0.25, 0.3) is 0 Å². The zero-order valence-electron chi connectivity index (χ0n) is 9.12. The molecule has 5 nitrogen and oxygen atoms in total. The Morgan fingerprint density at radius 1 is 1.18 bits per heavy atom. The SMILES string of the molecule is COc1ccc(Oc2ncncc2C#N)cc1. The lowest BCUT2D eigenvalue weighted by Gasteiger charge is -2.06. The summed E-state index contributed by atoms with van der Waals surface area (Å²) < 4.78 is 10.5. The molecule has 84 valence electrons. The van der Waals surface area contributed by atoms with Gasteiger partial charge in [-0.05, 0) is 24.3 Å². The highest BCUT2D eigenvalue weighted by Crippen LogP contribution is 2.23. The highest BCUT2D eigenvalue weighted by Gasteiger charge is 2.05. The first-order valence-electron chi connectivity index (χ1n) is 4.85. The lowest BCUT2D eigenvalue weighted by Crippen LogP contribution is -1.92. The van der Waals surface area contributed by atoms with Crippen LogP contribution in [0.2, 0.25) is 0 Å². The van der Waals surface area contributed by atoms with E-state index in [-0.39, 0.29) is 5.88 Å². The van der Waals surface area contributed by atoms with Crippen LogP contribution in [-0.2, 0) is 0 Å². The van der Waals surface area contributed by atoms with Gasteiger partial charge in [-0.15, -0.1) is 0 Å². The first-order valence-corrected chi connectivity index (χ1v) is 4.85. The third kappa shape index (κ3) is 2.49. The summed E-state index contributed by atoms with van der Waals surface area (Å²) in [4.78, 5) is 7.65. The van der Waals surface area contributed by atoms with Crippen LogP contribution in [0, 0.1) is 11.3 Å². The quantitative estimate of drug-likeness (QED) is 0.803. The second-order valence-electron chi connectivity index (χ2n) is 3.13. The van der Waals surface area contributed by atoms with Gasteiger partial charge in [-0.25, -0.2) is 9.97 Å². The molecule has 0 aliphatic carbocycles. The summed E-state index contributed by atoms with van der Waals surface area (Å²) in [7, 11) is 1.59. The Kier molecular flexibility index (Phi) is 3.17. The smallest absolute Gasteiger partial charge is 0.240 e. The summed E-state index contributed by atoms with van der Waals surface area (Å²) in [5, 5.41) is 8.85. The van der Waals surface area contributed by atoms with E-state index in [1.54, 1.807) is 31.4 Å². The van der Waals surface area contributed by atoms with Gasteiger partial charge in [0, 0.05) is 0 Å². The van der Waals surface area contributed by atoms with Crippen LogP contribution in [0.3, 0.4) is 0 Å². The van der Waals surface area contributed by atoms with Gasteiger partial charge < -0.3 is 9.47 Å². The van der Waals surface area contributed by atoms with Crippen LogP contribution in [0.4, 0.5) is 0 Å². The third-order valence-corrected chi connectivity index (χ3v) is 2.07. The molecule has 0 bridgehead atoms. The van der Waals surface area contributed by atoms with Crippen LogP contribution in [-0.4, -0.2) is 17.1 Å². The van der Waals surface area contributed by atoms with E-state index in [1.165, 1.54) is 12.5 Å². The number of aromatic nitrogens is 2. The molecule has 0 radical (unpaired) electrons. The molecule has 0 spiro atoms. The molecule has 1 heterocycles. The molecule has 0 saturated carbocycles. The average Bonchev–Trinajstić information content (AvgIpc) is 2.40. The molecule has 0 aliphatic heterocycles. The minimum atomic E-state index is 0.243. The molecule has 0 N–H and O–H groups in total. The van der Waals surface area contributed by atoms with Crippen molar-refractivity contribution in [1.82, 2.24) is 9.97 Å². The number of ether oxygens (including phenoxy) is 2. The zero-order chi connectivity index (χ0) is 12.1. The van der Waals surface area contributed by atoms with Gasteiger partial charge in [-0.1, -0.05) is 0 Å². The van der Waals surface area contributed by atoms with Crippen LogP contribution in [0.1, 0.15) is 5.56 Å². The van der Waals surface area contributed by atoms with Crippen molar-refractivity contribution in [3.8, 4) is 23.4 Å². The molecular weight excluding hydrogens is 218 g/mol. The summed E-state index contributed by atoms with van der Waals surface area (Å²) in [5.41, 5.74) is 0.295. The Bertz CT molecular complexity index is 546. The second-order valence-corrected chi connectivity index (χ2v) is 3.13. The predicted octanol–water partition coefficient (Wildman–Crippen LogP) is 2.15. The van der Waals surface area contributed by atoms with E-state index >= 15 is 0 Å². The van der Waals surface area contributed by atoms with E-state index in [2.05, 4.69) is 9.97 Å². The first kappa shape index (κ1) is 10.9. The maximum atomic E-state index is 8.85. The van der Waals surface area contributed by atoms with Crippen molar-refractivity contribution in [2.24, 2.45) is 0 Å². The number of hydrogen-bond donors (Lipinski definition) is 0. The lowest BCUT2D eigenvalue weighted by atomic mass is 10.3. The summed E-state index contributed by atoms with van der Waals surface area (Å²) in [6.45, 7) is 0. The van der Waals surface area contributed by atoms with E-state index in [0.717, 1.165) is 5.75 Å². The van der Waals surface area contributed by atoms with Gasteiger partial charge in [0.05, 0.1) is 13.3 Å². The molecule has 17 heavy (non-hydrogen) atoms. The highest BCUT2D eigenvalue weighted by atomic mass is 16.5. The van der Waals surface area contributed by atoms with Gasteiger partial charge in [0.2, 0.25) is 5.88 Å². The van der Waals surface area contributed by atoms with Gasteiger partial charge in [0.1, 0.15) is 29.5 Å². The van der Waals surface area contributed by atoms with Crippen LogP contribution < -0.4 is 9.47 Å². The van der Waals surface area contributed by atoms with E-state index in [0.29, 0.717) is 11.3 Å². The van der Waals surface area contributed by atoms with Crippen LogP contribution in [0.15, 0.2) is 36.8 Å². The number of hydrogen-bond acceptors (Lipinski definition) is 5. The van der Waals surface area contributed by atoms with Crippen molar-refractivity contribution in [3.63, 3.8) is 0 Å². The molecule has 0 unspecified atom stereocenters. The number of nitriles is 1. The summed E-state index contributed by atoms with van der Waals surface area (Å²) >= 11 is 0. The van der Waals surface area contributed by atoms with Crippen molar-refractivity contribution >= 4 is 0 Å². The molecule has 1 aromatic carbocycles. The van der Waals surface area contributed by atoms with Crippen molar-refractivity contribution in [2.75, 3.05) is 7.11 Å². The Balaban J connectivity index is 2.23. The molecule has 0 aliphatic rings. The minimum absolute atomic E-state index is 0.243. The number of methoxy groups -OCH3 is 1. The van der Waals surface area contributed by atoms with Gasteiger partial charge in [0.15, 0.2) is 0 Å². The normalized spacial score (nSPS) is 9.41. The van der Waals surface area contributed by atoms with Crippen molar-refractivity contribution < 1.29 is 9.47 Å². The van der Waals surface area contributed by atoms with Crippen LogP contribution in [0.5, 0.6) is 17.4 Å². The Morgan fingerprint density at radius 2 is 1.88 bits per heavy atom. The summed E-state index contributed by atoms with van der Waals surface area (Å²) in [6.07, 6.45) is 2.74. The largest absolute Gasteiger partial charge is 0.497 e. The number of rotatable bonds is 3. The van der Waals surface area contributed by atoms with Crippen molar-refractivity contribution in [1.29, 1.82) is 5.26 Å². The Hall–Kier alpha value is -2.61. The van der Waals surface area contributed by atoms with Gasteiger partial charge in [-0.3, -0.25) is 0 Å². The first-order chi connectivity index (χ1) is 8.33. The van der Waals surface area contributed by atoms with E-state index in [9.17, 15) is 0 Å². The van der Waals surface area contributed by atoms with Crippen molar-refractivity contribution in [3.05, 3.63) is 42.4 Å². The fourth-order valence-corrected chi connectivity index (χ4v) is 1.23. The van der Waals surface area contributed by atoms with E-state index < -0.39 is 0 Å². The number of benzene rings is 1. The fraction of sp³-hybridized carbons (Fsp3) is 0.0833. The molecule has 2 aromatic rings. The average molecular weight is 227 g/mol. The molecule has 0 atom stereocenters. The standard InChI is InChI=1S/C12H9N3O2/c1-16-10-2-4-11(5-3-10)17-12-9(6-13)7-14-8-15-12/h2-5,7-8H,1H3. The van der Waals surface area contributed by atoms with Gasteiger partial charge >= 0.3 is 0 Å². The van der Waals surface area contributed by atoms with E-state index in [1.807, 2.05) is 6.07 Å². The molecule has 0 fully saturated rings.